The molecule has 21 heavy (non-hydrogen) atoms. The van der Waals surface area contributed by atoms with Gasteiger partial charge in [-0.25, -0.2) is 5.43 Å². The third-order valence-corrected chi connectivity index (χ3v) is 2.36. The maximum Gasteiger partial charge on any atom is 0.307 e. The Morgan fingerprint density at radius 3 is 2.67 bits per heavy atom. The van der Waals surface area contributed by atoms with Crippen LogP contribution in [0.3, 0.4) is 0 Å². The molecule has 0 fully saturated rings. The van der Waals surface area contributed by atoms with E-state index in [9.17, 15) is 14.7 Å². The minimum atomic E-state index is -1.29. The standard InChI is InChI=1S/C14H12N2O5/c17-13(18)9-21-11-5-3-10(4-6-11)8-15-16-14(19)12-2-1-7-20-12/h1-8H,9H2,(H,16,19)(H,17,18)/p-1/b15-8-. The maximum atomic E-state index is 11.5. The molecule has 0 bridgehead atoms. The molecule has 108 valence electrons. The topological polar surface area (TPSA) is 104 Å². The Bertz CT molecular complexity index is 632. The number of carboxylic acids is 1. The number of carboxylic acid groups (broad SMARTS) is 1. The van der Waals surface area contributed by atoms with E-state index in [1.807, 2.05) is 0 Å². The Morgan fingerprint density at radius 1 is 1.29 bits per heavy atom. The molecule has 0 atom stereocenters. The summed E-state index contributed by atoms with van der Waals surface area (Å²) < 4.78 is 9.83. The molecule has 1 amide bonds. The van der Waals surface area contributed by atoms with Gasteiger partial charge in [-0.2, -0.15) is 5.10 Å². The van der Waals surface area contributed by atoms with Gasteiger partial charge in [0.1, 0.15) is 12.4 Å². The van der Waals surface area contributed by atoms with Gasteiger partial charge in [0.15, 0.2) is 5.76 Å². The van der Waals surface area contributed by atoms with E-state index in [-0.39, 0.29) is 5.76 Å². The minimum Gasteiger partial charge on any atom is -0.546 e. The van der Waals surface area contributed by atoms with Gasteiger partial charge >= 0.3 is 5.91 Å². The van der Waals surface area contributed by atoms with Gasteiger partial charge < -0.3 is 19.1 Å². The summed E-state index contributed by atoms with van der Waals surface area (Å²) in [7, 11) is 0. The average Bonchev–Trinajstić information content (AvgIpc) is 3.00. The summed E-state index contributed by atoms with van der Waals surface area (Å²) in [4.78, 5) is 21.7. The number of benzene rings is 1. The molecule has 1 aromatic carbocycles. The molecule has 1 aromatic heterocycles. The fourth-order valence-corrected chi connectivity index (χ4v) is 1.42. The van der Waals surface area contributed by atoms with Crippen molar-refractivity contribution < 1.29 is 23.8 Å². The second-order valence-electron chi connectivity index (χ2n) is 3.91. The monoisotopic (exact) mass is 287 g/mol. The second kappa shape index (κ2) is 6.90. The lowest BCUT2D eigenvalue weighted by Crippen LogP contribution is -2.28. The van der Waals surface area contributed by atoms with E-state index < -0.39 is 18.5 Å². The van der Waals surface area contributed by atoms with Crippen LogP contribution in [0.1, 0.15) is 16.1 Å². The summed E-state index contributed by atoms with van der Waals surface area (Å²) in [5.74, 6) is -1.18. The number of aliphatic carboxylic acids is 1. The van der Waals surface area contributed by atoms with Crippen molar-refractivity contribution in [2.45, 2.75) is 0 Å². The lowest BCUT2D eigenvalue weighted by molar-refractivity contribution is -0.307. The van der Waals surface area contributed by atoms with Crippen LogP contribution in [0.2, 0.25) is 0 Å². The summed E-state index contributed by atoms with van der Waals surface area (Å²) in [6.07, 6.45) is 2.83. The van der Waals surface area contributed by atoms with E-state index in [0.29, 0.717) is 11.3 Å². The van der Waals surface area contributed by atoms with Crippen LogP contribution in [0, 0.1) is 0 Å². The van der Waals surface area contributed by atoms with Crippen LogP contribution in [-0.2, 0) is 4.79 Å². The summed E-state index contributed by atoms with van der Waals surface area (Å²) >= 11 is 0. The molecular formula is C14H11N2O5-. The molecule has 0 saturated heterocycles. The van der Waals surface area contributed by atoms with E-state index in [1.165, 1.54) is 18.5 Å². The van der Waals surface area contributed by atoms with Gasteiger partial charge in [-0.05, 0) is 42.0 Å². The van der Waals surface area contributed by atoms with Crippen molar-refractivity contribution >= 4 is 18.1 Å². The maximum absolute atomic E-state index is 11.5. The van der Waals surface area contributed by atoms with Crippen LogP contribution >= 0.6 is 0 Å². The number of nitrogens with one attached hydrogen (secondary N) is 1. The quantitative estimate of drug-likeness (QED) is 0.602. The van der Waals surface area contributed by atoms with Crippen LogP contribution in [-0.4, -0.2) is 24.7 Å². The minimum absolute atomic E-state index is 0.165. The fourth-order valence-electron chi connectivity index (χ4n) is 1.42. The molecule has 0 unspecified atom stereocenters. The number of ether oxygens (including phenoxy) is 1. The molecule has 7 nitrogen and oxygen atoms in total. The third-order valence-electron chi connectivity index (χ3n) is 2.36. The number of furan rings is 1. The lowest BCUT2D eigenvalue weighted by atomic mass is 10.2. The first-order chi connectivity index (χ1) is 10.1. The zero-order valence-electron chi connectivity index (χ0n) is 10.8. The predicted octanol–water partition coefficient (Wildman–Crippen LogP) is 0.172. The van der Waals surface area contributed by atoms with Crippen molar-refractivity contribution in [1.29, 1.82) is 0 Å². The lowest BCUT2D eigenvalue weighted by Gasteiger charge is -2.06. The SMILES string of the molecule is O=C([O-])COc1ccc(/C=N\NC(=O)c2ccco2)cc1. The summed E-state index contributed by atoms with van der Waals surface area (Å²) in [5.41, 5.74) is 3.01. The number of hydrogen-bond acceptors (Lipinski definition) is 6. The zero-order valence-corrected chi connectivity index (χ0v) is 10.8. The van der Waals surface area contributed by atoms with Gasteiger partial charge in [0.05, 0.1) is 18.4 Å². The number of nitrogens with zero attached hydrogens (tertiary/aromatic N) is 1. The van der Waals surface area contributed by atoms with Gasteiger partial charge in [-0.15, -0.1) is 0 Å². The number of hydrazone groups is 1. The smallest absolute Gasteiger partial charge is 0.307 e. The largest absolute Gasteiger partial charge is 0.546 e. The van der Waals surface area contributed by atoms with E-state index in [0.717, 1.165) is 0 Å². The zero-order chi connectivity index (χ0) is 15.1. The molecule has 0 aliphatic rings. The van der Waals surface area contributed by atoms with E-state index in [4.69, 9.17) is 9.15 Å². The van der Waals surface area contributed by atoms with Gasteiger partial charge in [-0.3, -0.25) is 4.79 Å². The number of carbonyl (C=O) groups is 2. The molecular weight excluding hydrogens is 276 g/mol. The molecule has 2 rings (SSSR count). The Hall–Kier alpha value is -3.09. The molecule has 2 aromatic rings. The van der Waals surface area contributed by atoms with Crippen molar-refractivity contribution in [2.75, 3.05) is 6.61 Å². The molecule has 0 radical (unpaired) electrons. The average molecular weight is 287 g/mol. The van der Waals surface area contributed by atoms with Gasteiger partial charge in [0, 0.05) is 0 Å². The highest BCUT2D eigenvalue weighted by Crippen LogP contribution is 2.10. The molecule has 0 aliphatic heterocycles. The molecule has 1 N–H and O–H groups in total. The first kappa shape index (κ1) is 14.3. The first-order valence-corrected chi connectivity index (χ1v) is 5.95. The normalized spacial score (nSPS) is 10.5. The molecule has 1 heterocycles. The van der Waals surface area contributed by atoms with Crippen molar-refractivity contribution in [1.82, 2.24) is 5.43 Å². The van der Waals surface area contributed by atoms with Crippen LogP contribution in [0.25, 0.3) is 0 Å². The van der Waals surface area contributed by atoms with E-state index >= 15 is 0 Å². The van der Waals surface area contributed by atoms with Gasteiger partial charge in [-0.1, -0.05) is 0 Å². The number of rotatable bonds is 6. The van der Waals surface area contributed by atoms with Gasteiger partial charge in [0.2, 0.25) is 0 Å². The fraction of sp³-hybridized carbons (Fsp3) is 0.0714. The highest BCUT2D eigenvalue weighted by Gasteiger charge is 2.05. The Labute approximate surface area is 119 Å². The Morgan fingerprint density at radius 2 is 2.05 bits per heavy atom. The summed E-state index contributed by atoms with van der Waals surface area (Å²) in [6.45, 7) is -0.507. The Balaban J connectivity index is 1.86. The number of amides is 1. The van der Waals surface area contributed by atoms with Crippen molar-refractivity contribution in [3.63, 3.8) is 0 Å². The molecule has 0 saturated carbocycles. The van der Waals surface area contributed by atoms with Crippen LogP contribution in [0.4, 0.5) is 0 Å². The van der Waals surface area contributed by atoms with Crippen molar-refractivity contribution in [3.05, 3.63) is 54.0 Å². The number of hydrogen-bond donors (Lipinski definition) is 1. The van der Waals surface area contributed by atoms with E-state index in [1.54, 1.807) is 30.3 Å². The predicted molar refractivity (Wildman–Crippen MR) is 70.7 cm³/mol. The van der Waals surface area contributed by atoms with Crippen LogP contribution in [0.5, 0.6) is 5.75 Å². The van der Waals surface area contributed by atoms with Crippen LogP contribution in [0.15, 0.2) is 52.2 Å². The van der Waals surface area contributed by atoms with Crippen LogP contribution < -0.4 is 15.3 Å². The van der Waals surface area contributed by atoms with E-state index in [2.05, 4.69) is 10.5 Å². The molecule has 0 spiro atoms. The van der Waals surface area contributed by atoms with Gasteiger partial charge in [0.25, 0.3) is 0 Å². The van der Waals surface area contributed by atoms with Crippen molar-refractivity contribution in [3.8, 4) is 5.75 Å². The summed E-state index contributed by atoms with van der Waals surface area (Å²) in [5, 5.41) is 14.0. The molecule has 0 aliphatic carbocycles. The van der Waals surface area contributed by atoms with Crippen molar-refractivity contribution in [2.24, 2.45) is 5.10 Å². The second-order valence-corrected chi connectivity index (χ2v) is 3.91. The number of carbonyl (C=O) groups excluding carboxylic acids is 2. The first-order valence-electron chi connectivity index (χ1n) is 5.95. The Kier molecular flexibility index (Phi) is 4.70. The highest BCUT2D eigenvalue weighted by atomic mass is 16.5. The third kappa shape index (κ3) is 4.50. The summed E-state index contributed by atoms with van der Waals surface area (Å²) in [6, 6.07) is 9.61. The molecule has 7 heteroatoms. The highest BCUT2D eigenvalue weighted by molar-refractivity contribution is 5.92.